The number of nitrogens with zero attached hydrogens (tertiary/aromatic N) is 4. The van der Waals surface area contributed by atoms with Gasteiger partial charge in [0.15, 0.2) is 0 Å². The fraction of sp³-hybridized carbons (Fsp3) is 0.680. The van der Waals surface area contributed by atoms with Gasteiger partial charge in [-0.1, -0.05) is 38.2 Å². The molecule has 1 saturated carbocycles. The summed E-state index contributed by atoms with van der Waals surface area (Å²) in [5.74, 6) is 0.254. The van der Waals surface area contributed by atoms with Crippen LogP contribution < -0.4 is 16.1 Å². The maximum Gasteiger partial charge on any atom is 0.408 e. The molecule has 186 valence electrons. The third-order valence-electron chi connectivity index (χ3n) is 6.88. The zero-order valence-corrected chi connectivity index (χ0v) is 20.5. The Bertz CT molecular complexity index is 923. The van der Waals surface area contributed by atoms with Crippen molar-refractivity contribution in [3.8, 4) is 6.07 Å². The lowest BCUT2D eigenvalue weighted by atomic mass is 9.84. The van der Waals surface area contributed by atoms with E-state index in [1.165, 1.54) is 19.3 Å². The minimum absolute atomic E-state index is 0.185. The van der Waals surface area contributed by atoms with Crippen LogP contribution in [0.5, 0.6) is 0 Å². The Morgan fingerprint density at radius 1 is 1.26 bits per heavy atom. The molecule has 0 radical (unpaired) electrons. The Morgan fingerprint density at radius 3 is 2.68 bits per heavy atom. The highest BCUT2D eigenvalue weighted by molar-refractivity contribution is 5.83. The van der Waals surface area contributed by atoms with Crippen molar-refractivity contribution < 1.29 is 14.3 Å². The molecule has 1 atom stereocenters. The van der Waals surface area contributed by atoms with Crippen LogP contribution >= 0.6 is 0 Å². The highest BCUT2D eigenvalue weighted by Crippen LogP contribution is 2.29. The Hall–Kier alpha value is -2.86. The van der Waals surface area contributed by atoms with Crippen molar-refractivity contribution >= 4 is 12.0 Å². The molecule has 1 saturated heterocycles. The first-order valence-electron chi connectivity index (χ1n) is 12.5. The van der Waals surface area contributed by atoms with Crippen LogP contribution in [0.2, 0.25) is 0 Å². The second-order valence-electron chi connectivity index (χ2n) is 9.46. The molecule has 2 amide bonds. The third kappa shape index (κ3) is 7.32. The van der Waals surface area contributed by atoms with Crippen molar-refractivity contribution in [2.75, 3.05) is 26.7 Å². The summed E-state index contributed by atoms with van der Waals surface area (Å²) in [5, 5.41) is 15.7. The zero-order chi connectivity index (χ0) is 24.4. The minimum Gasteiger partial charge on any atom is -0.450 e. The molecular weight excluding hydrogens is 432 g/mol. The number of nitrogens with one attached hydrogen (secondary N) is 2. The highest BCUT2D eigenvalue weighted by Gasteiger charge is 2.37. The number of amides is 2. The lowest BCUT2D eigenvalue weighted by molar-refractivity contribution is -0.124. The molecule has 2 aliphatic rings. The number of nitriles is 1. The van der Waals surface area contributed by atoms with Gasteiger partial charge in [-0.05, 0) is 51.3 Å². The van der Waals surface area contributed by atoms with E-state index in [-0.39, 0.29) is 12.6 Å². The first-order chi connectivity index (χ1) is 16.4. The first kappa shape index (κ1) is 25.8. The van der Waals surface area contributed by atoms with E-state index in [9.17, 15) is 14.9 Å². The van der Waals surface area contributed by atoms with Crippen molar-refractivity contribution in [3.05, 3.63) is 29.9 Å². The van der Waals surface area contributed by atoms with Crippen molar-refractivity contribution in [1.82, 2.24) is 20.1 Å². The summed E-state index contributed by atoms with van der Waals surface area (Å²) in [6, 6.07) is 7.34. The number of hydrogen-bond donors (Lipinski definition) is 2. The van der Waals surface area contributed by atoms with Gasteiger partial charge in [0.25, 0.3) is 0 Å². The molecule has 2 N–H and O–H groups in total. The second kappa shape index (κ2) is 12.6. The first-order valence-corrected chi connectivity index (χ1v) is 12.5. The number of alkyl carbamates (subject to hydrolysis) is 1. The fourth-order valence-electron chi connectivity index (χ4n) is 4.75. The standard InChI is InChI=1S/C25H38N6O3/c1-3-34-24(33)27-19-31-14-8-7-11-22(31)28-21(17-20-9-5-4-6-10-20)23(32)29-25(18-26)12-15-30(2)16-13-25/h7-8,11,14,20-21H,3-6,9-10,12-13,15-17,19H2,1-2H3,(H,27,33)(H,29,32)/b28-22+. The number of ether oxygens (including phenoxy) is 1. The number of pyridine rings is 1. The van der Waals surface area contributed by atoms with E-state index in [0.29, 0.717) is 37.3 Å². The van der Waals surface area contributed by atoms with Gasteiger partial charge >= 0.3 is 6.09 Å². The van der Waals surface area contributed by atoms with Crippen LogP contribution in [0.4, 0.5) is 4.79 Å². The van der Waals surface area contributed by atoms with Crippen molar-refractivity contribution in [3.63, 3.8) is 0 Å². The third-order valence-corrected chi connectivity index (χ3v) is 6.88. The predicted molar refractivity (Wildman–Crippen MR) is 128 cm³/mol. The van der Waals surface area contributed by atoms with Gasteiger partial charge in [0.05, 0.1) is 19.3 Å². The maximum atomic E-state index is 13.5. The van der Waals surface area contributed by atoms with Gasteiger partial charge in [0.1, 0.15) is 17.1 Å². The van der Waals surface area contributed by atoms with Crippen LogP contribution in [0.15, 0.2) is 29.4 Å². The van der Waals surface area contributed by atoms with E-state index in [2.05, 4.69) is 21.6 Å². The number of carbonyl (C=O) groups is 2. The normalized spacial score (nSPS) is 20.2. The molecular formula is C25H38N6O3. The predicted octanol–water partition coefficient (Wildman–Crippen LogP) is 2.54. The van der Waals surface area contributed by atoms with Crippen LogP contribution in [0.3, 0.4) is 0 Å². The lowest BCUT2D eigenvalue weighted by Crippen LogP contribution is -2.56. The molecule has 9 heteroatoms. The van der Waals surface area contributed by atoms with E-state index < -0.39 is 17.7 Å². The number of aromatic nitrogens is 1. The monoisotopic (exact) mass is 470 g/mol. The van der Waals surface area contributed by atoms with Gasteiger partial charge in [-0.25, -0.2) is 4.79 Å². The molecule has 1 unspecified atom stereocenters. The summed E-state index contributed by atoms with van der Waals surface area (Å²) in [5.41, 5.74) is -0.244. The van der Waals surface area contributed by atoms with Gasteiger partial charge in [-0.3, -0.25) is 9.79 Å². The summed E-state index contributed by atoms with van der Waals surface area (Å²) < 4.78 is 6.73. The quantitative estimate of drug-likeness (QED) is 0.606. The van der Waals surface area contributed by atoms with E-state index >= 15 is 0 Å². The van der Waals surface area contributed by atoms with Gasteiger partial charge in [0, 0.05) is 19.3 Å². The number of rotatable bonds is 8. The topological polar surface area (TPSA) is 112 Å². The zero-order valence-electron chi connectivity index (χ0n) is 20.5. The SMILES string of the molecule is CCOC(=O)NCn1cccc/c1=N\C(CC1CCCCC1)C(=O)NC1(C#N)CCN(C)CC1. The largest absolute Gasteiger partial charge is 0.450 e. The Kier molecular flexibility index (Phi) is 9.52. The molecule has 3 rings (SSSR count). The second-order valence-corrected chi connectivity index (χ2v) is 9.46. The summed E-state index contributed by atoms with van der Waals surface area (Å²) in [7, 11) is 2.03. The molecule has 1 aromatic rings. The van der Waals surface area contributed by atoms with Gasteiger partial charge < -0.3 is 24.8 Å². The molecule has 1 aliphatic carbocycles. The average molecular weight is 471 g/mol. The smallest absolute Gasteiger partial charge is 0.408 e. The van der Waals surface area contributed by atoms with E-state index in [0.717, 1.165) is 25.9 Å². The molecule has 0 bridgehead atoms. The molecule has 0 aromatic carbocycles. The van der Waals surface area contributed by atoms with E-state index in [1.54, 1.807) is 11.5 Å². The summed E-state index contributed by atoms with van der Waals surface area (Å²) in [6.45, 7) is 3.78. The number of likely N-dealkylation sites (tertiary alicyclic amines) is 1. The average Bonchev–Trinajstić information content (AvgIpc) is 2.85. The fourth-order valence-corrected chi connectivity index (χ4v) is 4.75. The lowest BCUT2D eigenvalue weighted by Gasteiger charge is -2.36. The van der Waals surface area contributed by atoms with Crippen molar-refractivity contribution in [2.24, 2.45) is 10.9 Å². The van der Waals surface area contributed by atoms with Gasteiger partial charge in [-0.2, -0.15) is 5.26 Å². The molecule has 1 aliphatic heterocycles. The Morgan fingerprint density at radius 2 is 2.00 bits per heavy atom. The van der Waals surface area contributed by atoms with Gasteiger partial charge in [0.2, 0.25) is 5.91 Å². The van der Waals surface area contributed by atoms with Crippen molar-refractivity contribution in [2.45, 2.75) is 76.5 Å². The molecule has 2 fully saturated rings. The number of piperidine rings is 1. The summed E-state index contributed by atoms with van der Waals surface area (Å²) in [6.07, 6.45) is 9.01. The molecule has 0 spiro atoms. The minimum atomic E-state index is -0.845. The van der Waals surface area contributed by atoms with Crippen LogP contribution in [0.25, 0.3) is 0 Å². The van der Waals surface area contributed by atoms with E-state index in [4.69, 9.17) is 9.73 Å². The van der Waals surface area contributed by atoms with Gasteiger partial charge in [-0.15, -0.1) is 0 Å². The Labute approximate surface area is 202 Å². The van der Waals surface area contributed by atoms with E-state index in [1.807, 2.05) is 31.4 Å². The molecule has 34 heavy (non-hydrogen) atoms. The van der Waals surface area contributed by atoms with Crippen LogP contribution in [-0.2, 0) is 16.2 Å². The van der Waals surface area contributed by atoms with Crippen molar-refractivity contribution in [1.29, 1.82) is 5.26 Å². The molecule has 9 nitrogen and oxygen atoms in total. The number of hydrogen-bond acceptors (Lipinski definition) is 6. The Balaban J connectivity index is 1.83. The van der Waals surface area contributed by atoms with Crippen LogP contribution in [-0.4, -0.2) is 59.8 Å². The van der Waals surface area contributed by atoms with Crippen LogP contribution in [0.1, 0.15) is 58.3 Å². The number of carbonyl (C=O) groups excluding carboxylic acids is 2. The maximum absolute atomic E-state index is 13.5. The summed E-state index contributed by atoms with van der Waals surface area (Å²) in [4.78, 5) is 32.3. The highest BCUT2D eigenvalue weighted by atomic mass is 16.5. The molecule has 1 aromatic heterocycles. The summed E-state index contributed by atoms with van der Waals surface area (Å²) >= 11 is 0. The van der Waals surface area contributed by atoms with Crippen LogP contribution in [0, 0.1) is 17.2 Å². The molecule has 2 heterocycles.